The summed E-state index contributed by atoms with van der Waals surface area (Å²) < 4.78 is 10.7. The molecule has 2 aromatic rings. The van der Waals surface area contributed by atoms with Gasteiger partial charge in [0.2, 0.25) is 0 Å². The van der Waals surface area contributed by atoms with Crippen molar-refractivity contribution in [3.63, 3.8) is 0 Å². The highest BCUT2D eigenvalue weighted by Crippen LogP contribution is 2.18. The molecule has 0 spiro atoms. The highest BCUT2D eigenvalue weighted by atomic mass is 16.5. The lowest BCUT2D eigenvalue weighted by atomic mass is 10.2. The zero-order valence-electron chi connectivity index (χ0n) is 9.22. The van der Waals surface area contributed by atoms with Crippen molar-refractivity contribution in [2.45, 2.75) is 6.92 Å². The van der Waals surface area contributed by atoms with Gasteiger partial charge in [-0.25, -0.2) is 0 Å². The van der Waals surface area contributed by atoms with Crippen molar-refractivity contribution in [2.75, 3.05) is 19.8 Å². The maximum atomic E-state index is 5.54. The van der Waals surface area contributed by atoms with E-state index in [0.717, 1.165) is 23.1 Å². The molecule has 84 valence electrons. The largest absolute Gasteiger partial charge is 0.491 e. The molecule has 2 rings (SSSR count). The van der Waals surface area contributed by atoms with Gasteiger partial charge in [0.25, 0.3) is 0 Å². The van der Waals surface area contributed by atoms with Crippen molar-refractivity contribution >= 4 is 10.8 Å². The Morgan fingerprint density at radius 2 is 1.88 bits per heavy atom. The normalized spacial score (nSPS) is 10.6. The Hall–Kier alpha value is -1.68. The van der Waals surface area contributed by atoms with Crippen LogP contribution in [0.15, 0.2) is 30.6 Å². The second kappa shape index (κ2) is 5.42. The van der Waals surface area contributed by atoms with E-state index in [1.54, 1.807) is 12.4 Å². The van der Waals surface area contributed by atoms with Gasteiger partial charge in [-0.15, -0.1) is 0 Å². The van der Waals surface area contributed by atoms with Crippen molar-refractivity contribution in [2.24, 2.45) is 0 Å². The Morgan fingerprint density at radius 1 is 1.06 bits per heavy atom. The van der Waals surface area contributed by atoms with Crippen molar-refractivity contribution in [1.29, 1.82) is 0 Å². The summed E-state index contributed by atoms with van der Waals surface area (Å²) in [5, 5.41) is 9.75. The summed E-state index contributed by atoms with van der Waals surface area (Å²) in [6.45, 7) is 3.87. The zero-order valence-corrected chi connectivity index (χ0v) is 9.22. The van der Waals surface area contributed by atoms with Crippen LogP contribution in [0.25, 0.3) is 10.8 Å². The minimum absolute atomic E-state index is 0.567. The van der Waals surface area contributed by atoms with E-state index >= 15 is 0 Å². The molecule has 0 atom stereocenters. The van der Waals surface area contributed by atoms with Crippen LogP contribution < -0.4 is 4.74 Å². The number of rotatable bonds is 5. The third-order valence-electron chi connectivity index (χ3n) is 2.22. The van der Waals surface area contributed by atoms with Gasteiger partial charge in [-0.05, 0) is 25.1 Å². The lowest BCUT2D eigenvalue weighted by molar-refractivity contribution is 0.110. The first-order chi connectivity index (χ1) is 7.90. The molecule has 0 aliphatic carbocycles. The summed E-state index contributed by atoms with van der Waals surface area (Å²) in [5.41, 5.74) is 0. The lowest BCUT2D eigenvalue weighted by Gasteiger charge is -2.06. The van der Waals surface area contributed by atoms with E-state index in [2.05, 4.69) is 10.2 Å². The average Bonchev–Trinajstić information content (AvgIpc) is 2.34. The molecule has 0 aliphatic rings. The molecule has 0 saturated carbocycles. The van der Waals surface area contributed by atoms with Crippen molar-refractivity contribution in [1.82, 2.24) is 10.2 Å². The number of hydrogen-bond acceptors (Lipinski definition) is 4. The molecule has 0 amide bonds. The first-order valence-electron chi connectivity index (χ1n) is 5.31. The smallest absolute Gasteiger partial charge is 0.120 e. The molecule has 0 saturated heterocycles. The van der Waals surface area contributed by atoms with E-state index in [4.69, 9.17) is 9.47 Å². The number of benzene rings is 1. The molecule has 1 aromatic carbocycles. The van der Waals surface area contributed by atoms with Crippen LogP contribution in [0.5, 0.6) is 5.75 Å². The zero-order chi connectivity index (χ0) is 11.2. The Kier molecular flexibility index (Phi) is 3.66. The standard InChI is InChI=1S/C12H14N2O2/c1-2-15-5-6-16-12-4-3-10-8-13-14-9-11(10)7-12/h3-4,7-9H,2,5-6H2,1H3. The highest BCUT2D eigenvalue weighted by Gasteiger charge is 1.97. The first kappa shape index (κ1) is 10.8. The quantitative estimate of drug-likeness (QED) is 0.720. The molecule has 1 heterocycles. The van der Waals surface area contributed by atoms with Gasteiger partial charge in [-0.3, -0.25) is 0 Å². The average molecular weight is 218 g/mol. The molecule has 16 heavy (non-hydrogen) atoms. The highest BCUT2D eigenvalue weighted by molar-refractivity contribution is 5.81. The van der Waals surface area contributed by atoms with E-state index in [1.807, 2.05) is 25.1 Å². The van der Waals surface area contributed by atoms with E-state index in [0.29, 0.717) is 13.2 Å². The predicted octanol–water partition coefficient (Wildman–Crippen LogP) is 2.05. The van der Waals surface area contributed by atoms with Gasteiger partial charge in [-0.1, -0.05) is 0 Å². The van der Waals surface area contributed by atoms with Crippen LogP contribution in [0.3, 0.4) is 0 Å². The van der Waals surface area contributed by atoms with Gasteiger partial charge in [-0.2, -0.15) is 10.2 Å². The number of aromatic nitrogens is 2. The van der Waals surface area contributed by atoms with Crippen molar-refractivity contribution < 1.29 is 9.47 Å². The summed E-state index contributed by atoms with van der Waals surface area (Å²) in [7, 11) is 0. The summed E-state index contributed by atoms with van der Waals surface area (Å²) >= 11 is 0. The SMILES string of the molecule is CCOCCOc1ccc2cnncc2c1. The minimum atomic E-state index is 0.567. The first-order valence-corrected chi connectivity index (χ1v) is 5.31. The van der Waals surface area contributed by atoms with Gasteiger partial charge in [0, 0.05) is 17.4 Å². The van der Waals surface area contributed by atoms with Gasteiger partial charge in [0.05, 0.1) is 19.0 Å². The Balaban J connectivity index is 2.02. The summed E-state index contributed by atoms with van der Waals surface area (Å²) in [6.07, 6.45) is 3.46. The summed E-state index contributed by atoms with van der Waals surface area (Å²) in [6, 6.07) is 5.85. The molecule has 0 unspecified atom stereocenters. The molecule has 4 nitrogen and oxygen atoms in total. The van der Waals surface area contributed by atoms with Crippen LogP contribution in [0.4, 0.5) is 0 Å². The lowest BCUT2D eigenvalue weighted by Crippen LogP contribution is -2.06. The second-order valence-electron chi connectivity index (χ2n) is 3.33. The fourth-order valence-electron chi connectivity index (χ4n) is 1.43. The molecular formula is C12H14N2O2. The molecule has 0 radical (unpaired) electrons. The number of ether oxygens (including phenoxy) is 2. The van der Waals surface area contributed by atoms with E-state index in [9.17, 15) is 0 Å². The second-order valence-corrected chi connectivity index (χ2v) is 3.33. The van der Waals surface area contributed by atoms with Crippen LogP contribution in [0, 0.1) is 0 Å². The van der Waals surface area contributed by atoms with Crippen LogP contribution in [-0.4, -0.2) is 30.0 Å². The number of nitrogens with zero attached hydrogens (tertiary/aromatic N) is 2. The Bertz CT molecular complexity index is 459. The van der Waals surface area contributed by atoms with Crippen molar-refractivity contribution in [3.05, 3.63) is 30.6 Å². The third-order valence-corrected chi connectivity index (χ3v) is 2.22. The molecule has 0 fully saturated rings. The van der Waals surface area contributed by atoms with Gasteiger partial charge >= 0.3 is 0 Å². The van der Waals surface area contributed by atoms with Crippen molar-refractivity contribution in [3.8, 4) is 5.75 Å². The maximum Gasteiger partial charge on any atom is 0.120 e. The van der Waals surface area contributed by atoms with Gasteiger partial charge < -0.3 is 9.47 Å². The van der Waals surface area contributed by atoms with E-state index in [-0.39, 0.29) is 0 Å². The molecule has 0 bridgehead atoms. The summed E-state index contributed by atoms with van der Waals surface area (Å²) in [5.74, 6) is 0.834. The Morgan fingerprint density at radius 3 is 2.69 bits per heavy atom. The van der Waals surface area contributed by atoms with Crippen LogP contribution in [0.2, 0.25) is 0 Å². The summed E-state index contributed by atoms with van der Waals surface area (Å²) in [4.78, 5) is 0. The fourth-order valence-corrected chi connectivity index (χ4v) is 1.43. The fraction of sp³-hybridized carbons (Fsp3) is 0.333. The molecule has 0 N–H and O–H groups in total. The van der Waals surface area contributed by atoms with Crippen LogP contribution in [-0.2, 0) is 4.74 Å². The molecular weight excluding hydrogens is 204 g/mol. The van der Waals surface area contributed by atoms with E-state index < -0.39 is 0 Å². The molecule has 4 heteroatoms. The molecule has 1 aromatic heterocycles. The van der Waals surface area contributed by atoms with Crippen LogP contribution in [0.1, 0.15) is 6.92 Å². The van der Waals surface area contributed by atoms with E-state index in [1.165, 1.54) is 0 Å². The molecule has 0 aliphatic heterocycles. The van der Waals surface area contributed by atoms with Crippen LogP contribution >= 0.6 is 0 Å². The number of hydrogen-bond donors (Lipinski definition) is 0. The topological polar surface area (TPSA) is 44.2 Å². The predicted molar refractivity (Wildman–Crippen MR) is 61.5 cm³/mol. The Labute approximate surface area is 94.2 Å². The number of fused-ring (bicyclic) bond motifs is 1. The van der Waals surface area contributed by atoms with Gasteiger partial charge in [0.15, 0.2) is 0 Å². The van der Waals surface area contributed by atoms with Gasteiger partial charge in [0.1, 0.15) is 12.4 Å². The monoisotopic (exact) mass is 218 g/mol. The third kappa shape index (κ3) is 2.67. The maximum absolute atomic E-state index is 5.54. The minimum Gasteiger partial charge on any atom is -0.491 e.